The molecule has 0 saturated carbocycles. The van der Waals surface area contributed by atoms with Crippen LogP contribution in [0.1, 0.15) is 5.56 Å². The van der Waals surface area contributed by atoms with E-state index in [0.29, 0.717) is 18.9 Å². The van der Waals surface area contributed by atoms with Gasteiger partial charge < -0.3 is 4.90 Å². The number of aromatic nitrogens is 4. The van der Waals surface area contributed by atoms with Gasteiger partial charge >= 0.3 is 5.69 Å². The minimum atomic E-state index is -0.296. The number of nitrogens with zero attached hydrogens (tertiary/aromatic N) is 4. The molecule has 0 aliphatic rings. The molecule has 1 heterocycles. The summed E-state index contributed by atoms with van der Waals surface area (Å²) in [4.78, 5) is 13.3. The van der Waals surface area contributed by atoms with Crippen LogP contribution in [0, 0.1) is 5.82 Å². The Kier molecular flexibility index (Phi) is 4.29. The summed E-state index contributed by atoms with van der Waals surface area (Å²) in [5.41, 5.74) is 1.24. The van der Waals surface area contributed by atoms with Gasteiger partial charge in [0.2, 0.25) is 0 Å². The molecular formula is C16H17FN5O+. The third-order valence-corrected chi connectivity index (χ3v) is 3.45. The van der Waals surface area contributed by atoms with Crippen molar-refractivity contribution in [2.24, 2.45) is 0 Å². The molecule has 0 aliphatic carbocycles. The van der Waals surface area contributed by atoms with Crippen LogP contribution in [0.5, 0.6) is 0 Å². The average molecular weight is 314 g/mol. The summed E-state index contributed by atoms with van der Waals surface area (Å²) in [6.07, 6.45) is 0. The summed E-state index contributed by atoms with van der Waals surface area (Å²) in [7, 11) is 1.92. The van der Waals surface area contributed by atoms with Crippen molar-refractivity contribution in [3.63, 3.8) is 0 Å². The van der Waals surface area contributed by atoms with Crippen molar-refractivity contribution < 1.29 is 9.29 Å². The number of rotatable bonds is 5. The van der Waals surface area contributed by atoms with Gasteiger partial charge in [-0.1, -0.05) is 30.3 Å². The van der Waals surface area contributed by atoms with Gasteiger partial charge in [-0.05, 0) is 34.7 Å². The first-order valence-electron chi connectivity index (χ1n) is 7.27. The smallest absolute Gasteiger partial charge is 0.315 e. The van der Waals surface area contributed by atoms with E-state index in [1.807, 2.05) is 31.3 Å². The molecule has 3 aromatic rings. The van der Waals surface area contributed by atoms with E-state index in [4.69, 9.17) is 0 Å². The molecule has 0 amide bonds. The second kappa shape index (κ2) is 6.53. The molecule has 0 spiro atoms. The molecule has 2 aromatic carbocycles. The Labute approximate surface area is 132 Å². The van der Waals surface area contributed by atoms with Crippen LogP contribution in [0.25, 0.3) is 5.69 Å². The molecule has 1 unspecified atom stereocenters. The van der Waals surface area contributed by atoms with Crippen molar-refractivity contribution in [2.75, 3.05) is 7.05 Å². The molecule has 0 radical (unpaired) electrons. The first kappa shape index (κ1) is 15.1. The lowest BCUT2D eigenvalue weighted by molar-refractivity contribution is -0.917. The Balaban J connectivity index is 1.73. The van der Waals surface area contributed by atoms with Crippen molar-refractivity contribution in [3.05, 3.63) is 76.5 Å². The van der Waals surface area contributed by atoms with Gasteiger partial charge in [0.25, 0.3) is 0 Å². The molecular weight excluding hydrogens is 297 g/mol. The maximum absolute atomic E-state index is 13.2. The van der Waals surface area contributed by atoms with E-state index in [1.54, 1.807) is 18.2 Å². The number of nitrogens with one attached hydrogen (secondary N) is 1. The number of halogens is 1. The molecule has 118 valence electrons. The summed E-state index contributed by atoms with van der Waals surface area (Å²) in [5, 5.41) is 7.82. The van der Waals surface area contributed by atoms with Crippen molar-refractivity contribution in [2.45, 2.75) is 13.2 Å². The monoisotopic (exact) mass is 314 g/mol. The van der Waals surface area contributed by atoms with E-state index >= 15 is 0 Å². The zero-order valence-electron chi connectivity index (χ0n) is 12.7. The second-order valence-electron chi connectivity index (χ2n) is 5.43. The average Bonchev–Trinajstić information content (AvgIpc) is 2.89. The Bertz CT molecular complexity index is 843. The SMILES string of the molecule is C[NH+](Cc1cccc(F)c1)Cn1nnn(-c2ccccc2)c1=O. The first-order chi connectivity index (χ1) is 11.1. The highest BCUT2D eigenvalue weighted by Gasteiger charge is 2.12. The lowest BCUT2D eigenvalue weighted by Crippen LogP contribution is -3.07. The molecule has 1 atom stereocenters. The number of tetrazole rings is 1. The Morgan fingerprint density at radius 3 is 2.61 bits per heavy atom. The van der Waals surface area contributed by atoms with Gasteiger partial charge in [0, 0.05) is 5.56 Å². The highest BCUT2D eigenvalue weighted by molar-refractivity contribution is 5.28. The van der Waals surface area contributed by atoms with E-state index < -0.39 is 0 Å². The fourth-order valence-electron chi connectivity index (χ4n) is 2.41. The zero-order valence-corrected chi connectivity index (χ0v) is 12.7. The van der Waals surface area contributed by atoms with Gasteiger partial charge in [-0.2, -0.15) is 4.68 Å². The van der Waals surface area contributed by atoms with Gasteiger partial charge in [-0.25, -0.2) is 9.18 Å². The predicted octanol–water partition coefficient (Wildman–Crippen LogP) is 0.240. The molecule has 0 bridgehead atoms. The Morgan fingerprint density at radius 2 is 1.87 bits per heavy atom. The summed E-state index contributed by atoms with van der Waals surface area (Å²) in [6.45, 7) is 0.935. The van der Waals surface area contributed by atoms with E-state index in [1.165, 1.54) is 21.5 Å². The Morgan fingerprint density at radius 1 is 1.09 bits per heavy atom. The lowest BCUT2D eigenvalue weighted by atomic mass is 10.2. The van der Waals surface area contributed by atoms with Crippen LogP contribution >= 0.6 is 0 Å². The quantitative estimate of drug-likeness (QED) is 0.734. The fraction of sp³-hybridized carbons (Fsp3) is 0.188. The Hall–Kier alpha value is -2.80. The second-order valence-corrected chi connectivity index (χ2v) is 5.43. The zero-order chi connectivity index (χ0) is 16.2. The van der Waals surface area contributed by atoms with Crippen LogP contribution in [0.15, 0.2) is 59.4 Å². The van der Waals surface area contributed by atoms with Crippen molar-refractivity contribution >= 4 is 0 Å². The molecule has 1 N–H and O–H groups in total. The number of benzene rings is 2. The third-order valence-electron chi connectivity index (χ3n) is 3.45. The molecule has 3 rings (SSSR count). The van der Waals surface area contributed by atoms with Crippen LogP contribution in [-0.2, 0) is 13.2 Å². The number of hydrogen-bond acceptors (Lipinski definition) is 3. The molecule has 0 aliphatic heterocycles. The van der Waals surface area contributed by atoms with Gasteiger partial charge in [0.15, 0.2) is 6.67 Å². The number of hydrogen-bond donors (Lipinski definition) is 1. The maximum atomic E-state index is 13.2. The predicted molar refractivity (Wildman–Crippen MR) is 82.6 cm³/mol. The van der Waals surface area contributed by atoms with Crippen LogP contribution in [0.3, 0.4) is 0 Å². The van der Waals surface area contributed by atoms with E-state index in [0.717, 1.165) is 10.5 Å². The summed E-state index contributed by atoms with van der Waals surface area (Å²) >= 11 is 0. The summed E-state index contributed by atoms with van der Waals surface area (Å²) < 4.78 is 15.8. The van der Waals surface area contributed by atoms with E-state index in [9.17, 15) is 9.18 Å². The van der Waals surface area contributed by atoms with Crippen LogP contribution in [0.2, 0.25) is 0 Å². The minimum absolute atomic E-state index is 0.262. The van der Waals surface area contributed by atoms with E-state index in [-0.39, 0.29) is 11.5 Å². The van der Waals surface area contributed by atoms with Gasteiger partial charge in [-0.15, -0.1) is 4.68 Å². The van der Waals surface area contributed by atoms with Crippen molar-refractivity contribution in [3.8, 4) is 5.69 Å². The number of quaternary nitrogens is 1. The molecule has 7 heteroatoms. The molecule has 6 nitrogen and oxygen atoms in total. The van der Waals surface area contributed by atoms with Gasteiger partial charge in [0.1, 0.15) is 12.4 Å². The first-order valence-corrected chi connectivity index (χ1v) is 7.27. The highest BCUT2D eigenvalue weighted by Crippen LogP contribution is 2.02. The number of para-hydroxylation sites is 1. The van der Waals surface area contributed by atoms with Crippen LogP contribution in [0.4, 0.5) is 4.39 Å². The standard InChI is InChI=1S/C16H16FN5O/c1-20(11-13-6-5-7-14(17)10-13)12-21-16(23)22(19-18-21)15-8-3-2-4-9-15/h2-10H,11-12H2,1H3/p+1. The van der Waals surface area contributed by atoms with E-state index in [2.05, 4.69) is 10.4 Å². The minimum Gasteiger partial charge on any atom is -0.315 e. The summed E-state index contributed by atoms with van der Waals surface area (Å²) in [6, 6.07) is 15.6. The normalized spacial score (nSPS) is 12.3. The van der Waals surface area contributed by atoms with Crippen LogP contribution in [-0.4, -0.2) is 26.8 Å². The third kappa shape index (κ3) is 3.51. The summed E-state index contributed by atoms with van der Waals surface area (Å²) in [5.74, 6) is -0.262. The molecule has 1 aromatic heterocycles. The van der Waals surface area contributed by atoms with Gasteiger partial charge in [0.05, 0.1) is 12.7 Å². The van der Waals surface area contributed by atoms with Crippen molar-refractivity contribution in [1.29, 1.82) is 0 Å². The largest absolute Gasteiger partial charge is 0.373 e. The molecule has 0 fully saturated rings. The topological polar surface area (TPSA) is 57.2 Å². The van der Waals surface area contributed by atoms with Crippen LogP contribution < -0.4 is 10.6 Å². The highest BCUT2D eigenvalue weighted by atomic mass is 19.1. The lowest BCUT2D eigenvalue weighted by Gasteiger charge is -2.12. The molecule has 23 heavy (non-hydrogen) atoms. The van der Waals surface area contributed by atoms with Gasteiger partial charge in [-0.3, -0.25) is 0 Å². The van der Waals surface area contributed by atoms with Crippen molar-refractivity contribution in [1.82, 2.24) is 19.8 Å². The fourth-order valence-corrected chi connectivity index (χ4v) is 2.41. The molecule has 0 saturated heterocycles. The maximum Gasteiger partial charge on any atom is 0.373 e.